The number of ether oxygens (including phenoxy) is 9. The van der Waals surface area contributed by atoms with Crippen LogP contribution < -0.4 is 21.3 Å². The quantitative estimate of drug-likeness (QED) is 0.0424. The van der Waals surface area contributed by atoms with Gasteiger partial charge in [-0.3, -0.25) is 14.4 Å². The lowest BCUT2D eigenvalue weighted by molar-refractivity contribution is -0.142. The monoisotopic (exact) mass is 696 g/mol. The average Bonchev–Trinajstić information content (AvgIpc) is 3.08. The van der Waals surface area contributed by atoms with E-state index in [0.717, 1.165) is 0 Å². The van der Waals surface area contributed by atoms with Crippen LogP contribution in [0.25, 0.3) is 0 Å². The molecule has 48 heavy (non-hydrogen) atoms. The maximum Gasteiger partial charge on any atom is 0.315 e. The van der Waals surface area contributed by atoms with Crippen LogP contribution in [0.15, 0.2) is 0 Å². The molecule has 0 radical (unpaired) electrons. The predicted octanol–water partition coefficient (Wildman–Crippen LogP) is -0.0874. The summed E-state index contributed by atoms with van der Waals surface area (Å²) in [7, 11) is 3.79. The van der Waals surface area contributed by atoms with Crippen molar-refractivity contribution in [3.8, 4) is 0 Å². The third-order valence-corrected chi connectivity index (χ3v) is 6.13. The highest BCUT2D eigenvalue weighted by Crippen LogP contribution is 2.11. The summed E-state index contributed by atoms with van der Waals surface area (Å²) in [6.07, 6.45) is 1.19. The first-order valence-electron chi connectivity index (χ1n) is 16.0. The zero-order valence-electron chi connectivity index (χ0n) is 28.9. The van der Waals surface area contributed by atoms with Crippen LogP contribution in [0.1, 0.15) is 39.0 Å². The number of amides is 4. The van der Waals surface area contributed by atoms with Crippen molar-refractivity contribution in [3.05, 3.63) is 0 Å². The number of nitrogens with one attached hydrogen (secondary N) is 4. The SMILES string of the molecule is CCNC(=O)NCCCOCCOCCOCCCNC(=O)NC(COCCC(=O)OC)(COCCC(=O)OC)COCCC(=O)OC. The van der Waals surface area contributed by atoms with Gasteiger partial charge in [0.25, 0.3) is 0 Å². The summed E-state index contributed by atoms with van der Waals surface area (Å²) in [4.78, 5) is 58.7. The molecular weight excluding hydrogens is 640 g/mol. The minimum absolute atomic E-state index is 0.00823. The molecule has 0 saturated carbocycles. The van der Waals surface area contributed by atoms with E-state index in [1.54, 1.807) is 0 Å². The molecule has 0 saturated heterocycles. The molecule has 0 aliphatic heterocycles. The Bertz CT molecular complexity index is 821. The second-order valence-electron chi connectivity index (χ2n) is 10.1. The van der Waals surface area contributed by atoms with Crippen LogP contribution in [-0.2, 0) is 57.0 Å². The van der Waals surface area contributed by atoms with Crippen LogP contribution in [0.3, 0.4) is 0 Å². The van der Waals surface area contributed by atoms with E-state index in [1.165, 1.54) is 21.3 Å². The number of esters is 3. The lowest BCUT2D eigenvalue weighted by Crippen LogP contribution is -2.61. The molecule has 0 bridgehead atoms. The second kappa shape index (κ2) is 31.0. The number of methoxy groups -OCH3 is 3. The molecule has 0 aromatic heterocycles. The van der Waals surface area contributed by atoms with E-state index >= 15 is 0 Å². The summed E-state index contributed by atoms with van der Waals surface area (Å²) in [5, 5.41) is 10.9. The molecule has 0 fully saturated rings. The summed E-state index contributed by atoms with van der Waals surface area (Å²) in [5.74, 6) is -1.39. The van der Waals surface area contributed by atoms with Gasteiger partial charge in [-0.25, -0.2) is 9.59 Å². The van der Waals surface area contributed by atoms with Gasteiger partial charge >= 0.3 is 30.0 Å². The van der Waals surface area contributed by atoms with Gasteiger partial charge in [-0.2, -0.15) is 0 Å². The van der Waals surface area contributed by atoms with Gasteiger partial charge in [-0.1, -0.05) is 0 Å². The minimum atomic E-state index is -1.24. The Morgan fingerprint density at radius 2 is 0.854 bits per heavy atom. The Morgan fingerprint density at radius 3 is 1.23 bits per heavy atom. The molecule has 0 aliphatic rings. The summed E-state index contributed by atoms with van der Waals surface area (Å²) < 4.78 is 47.4. The molecule has 0 unspecified atom stereocenters. The molecule has 0 aromatic carbocycles. The summed E-state index contributed by atoms with van der Waals surface area (Å²) in [6.45, 7) is 5.45. The fourth-order valence-corrected chi connectivity index (χ4v) is 3.61. The molecule has 0 rings (SSSR count). The molecule has 18 nitrogen and oxygen atoms in total. The highest BCUT2D eigenvalue weighted by molar-refractivity contribution is 5.75. The largest absolute Gasteiger partial charge is 0.469 e. The third kappa shape index (κ3) is 26.7. The van der Waals surface area contributed by atoms with Crippen LogP contribution in [0.4, 0.5) is 9.59 Å². The molecule has 0 spiro atoms. The van der Waals surface area contributed by atoms with Crippen molar-refractivity contribution in [2.24, 2.45) is 0 Å². The Hall–Kier alpha value is -3.29. The Morgan fingerprint density at radius 1 is 0.479 bits per heavy atom. The fourth-order valence-electron chi connectivity index (χ4n) is 3.61. The second-order valence-corrected chi connectivity index (χ2v) is 10.1. The predicted molar refractivity (Wildman–Crippen MR) is 170 cm³/mol. The van der Waals surface area contributed by atoms with E-state index in [1.807, 2.05) is 6.92 Å². The fraction of sp³-hybridized carbons (Fsp3) is 0.833. The van der Waals surface area contributed by atoms with Crippen molar-refractivity contribution in [1.82, 2.24) is 21.3 Å². The van der Waals surface area contributed by atoms with Gasteiger partial charge in [-0.05, 0) is 19.8 Å². The molecule has 0 heterocycles. The number of carbonyl (C=O) groups excluding carboxylic acids is 5. The number of rotatable bonds is 31. The molecule has 4 amide bonds. The lowest BCUT2D eigenvalue weighted by Gasteiger charge is -2.34. The van der Waals surface area contributed by atoms with E-state index < -0.39 is 29.5 Å². The van der Waals surface area contributed by atoms with Gasteiger partial charge in [0.15, 0.2) is 0 Å². The van der Waals surface area contributed by atoms with Crippen molar-refractivity contribution < 1.29 is 66.6 Å². The Kier molecular flexibility index (Phi) is 28.9. The minimum Gasteiger partial charge on any atom is -0.469 e. The van der Waals surface area contributed by atoms with Crippen LogP contribution >= 0.6 is 0 Å². The normalized spacial score (nSPS) is 11.0. The van der Waals surface area contributed by atoms with E-state index in [2.05, 4.69) is 35.5 Å². The molecule has 0 atom stereocenters. The molecule has 0 aliphatic carbocycles. The smallest absolute Gasteiger partial charge is 0.315 e. The number of hydrogen-bond acceptors (Lipinski definition) is 14. The van der Waals surface area contributed by atoms with Gasteiger partial charge in [0.2, 0.25) is 0 Å². The average molecular weight is 697 g/mol. The third-order valence-electron chi connectivity index (χ3n) is 6.13. The first-order chi connectivity index (χ1) is 23.2. The van der Waals surface area contributed by atoms with Gasteiger partial charge in [0.1, 0.15) is 5.54 Å². The molecule has 0 aromatic rings. The van der Waals surface area contributed by atoms with Crippen LogP contribution in [0.2, 0.25) is 0 Å². The maximum atomic E-state index is 12.9. The Labute approximate surface area is 282 Å². The molecule has 18 heteroatoms. The van der Waals surface area contributed by atoms with Crippen molar-refractivity contribution >= 4 is 30.0 Å². The standard InChI is InChI=1S/C30H56N4O14/c1-5-31-28(38)32-11-6-13-43-18-20-45-21-19-44-14-7-12-33-29(39)34-30(22-46-15-8-25(35)40-2,23-47-16-9-26(36)41-3)24-48-17-10-27(37)42-4/h5-24H2,1-4H3,(H2,31,32,38)(H2,33,34,39). The van der Waals surface area contributed by atoms with Crippen molar-refractivity contribution in [3.63, 3.8) is 0 Å². The highest BCUT2D eigenvalue weighted by atomic mass is 16.6. The number of urea groups is 2. The first kappa shape index (κ1) is 44.7. The number of carbonyl (C=O) groups is 5. The lowest BCUT2D eigenvalue weighted by atomic mass is 10.0. The van der Waals surface area contributed by atoms with Gasteiger partial charge in [0, 0.05) is 32.8 Å². The summed E-state index contributed by atoms with van der Waals surface area (Å²) >= 11 is 0. The zero-order valence-corrected chi connectivity index (χ0v) is 28.9. The van der Waals surface area contributed by atoms with E-state index in [0.29, 0.717) is 72.1 Å². The van der Waals surface area contributed by atoms with E-state index in [4.69, 9.17) is 28.4 Å². The number of hydrogen-bond donors (Lipinski definition) is 4. The van der Waals surface area contributed by atoms with E-state index in [9.17, 15) is 24.0 Å². The maximum absolute atomic E-state index is 12.9. The summed E-state index contributed by atoms with van der Waals surface area (Å²) in [5.41, 5.74) is -1.24. The van der Waals surface area contributed by atoms with E-state index in [-0.39, 0.29) is 64.9 Å². The van der Waals surface area contributed by atoms with Gasteiger partial charge in [0.05, 0.1) is 107 Å². The van der Waals surface area contributed by atoms with Gasteiger partial charge < -0.3 is 63.9 Å². The van der Waals surface area contributed by atoms with Crippen LogP contribution in [0.5, 0.6) is 0 Å². The van der Waals surface area contributed by atoms with Crippen molar-refractivity contribution in [2.75, 3.05) is 120 Å². The first-order valence-corrected chi connectivity index (χ1v) is 16.0. The molecule has 4 N–H and O–H groups in total. The molecular formula is C30H56N4O14. The highest BCUT2D eigenvalue weighted by Gasteiger charge is 2.34. The molecule has 280 valence electrons. The zero-order chi connectivity index (χ0) is 35.7. The topological polar surface area (TPSA) is 217 Å². The summed E-state index contributed by atoms with van der Waals surface area (Å²) in [6, 6.07) is -0.730. The van der Waals surface area contributed by atoms with Gasteiger partial charge in [-0.15, -0.1) is 0 Å². The van der Waals surface area contributed by atoms with Crippen LogP contribution in [-0.4, -0.2) is 156 Å². The van der Waals surface area contributed by atoms with Crippen molar-refractivity contribution in [2.45, 2.75) is 44.6 Å². The van der Waals surface area contributed by atoms with Crippen LogP contribution in [0, 0.1) is 0 Å². The Balaban J connectivity index is 4.59. The van der Waals surface area contributed by atoms with Crippen molar-refractivity contribution in [1.29, 1.82) is 0 Å².